The zero-order chi connectivity index (χ0) is 18.9. The van der Waals surface area contributed by atoms with Gasteiger partial charge >= 0.3 is 0 Å². The van der Waals surface area contributed by atoms with Crippen LogP contribution < -0.4 is 10.3 Å². The minimum Gasteiger partial charge on any atom is -0.365 e. The number of halogens is 1. The summed E-state index contributed by atoms with van der Waals surface area (Å²) in [4.78, 5) is 18.2. The minimum atomic E-state index is -0.367. The Labute approximate surface area is 158 Å². The summed E-state index contributed by atoms with van der Waals surface area (Å²) in [6, 6.07) is 9.06. The maximum Gasteiger partial charge on any atom is 0.289 e. The first kappa shape index (κ1) is 18.1. The number of nitrogens with zero attached hydrogens (tertiary/aromatic N) is 3. The number of fused-ring (bicyclic) bond motifs is 1. The molecule has 0 bridgehead atoms. The molecular formula is C20H21ClN4O. The summed E-state index contributed by atoms with van der Waals surface area (Å²) < 4.78 is 0. The van der Waals surface area contributed by atoms with E-state index in [1.54, 1.807) is 30.6 Å². The molecule has 1 N–H and O–H groups in total. The second-order valence-corrected chi connectivity index (χ2v) is 7.25. The number of hydrazone groups is 1. The number of rotatable bonds is 3. The van der Waals surface area contributed by atoms with Crippen LogP contribution in [0.5, 0.6) is 0 Å². The van der Waals surface area contributed by atoms with Crippen LogP contribution in [0.25, 0.3) is 5.57 Å². The number of carbonyl (C=O) groups excluding carboxylic acids is 1. The largest absolute Gasteiger partial charge is 0.365 e. The number of amides is 1. The monoisotopic (exact) mass is 368 g/mol. The van der Waals surface area contributed by atoms with E-state index in [0.29, 0.717) is 10.7 Å². The van der Waals surface area contributed by atoms with Gasteiger partial charge in [0, 0.05) is 30.1 Å². The van der Waals surface area contributed by atoms with E-state index >= 15 is 0 Å². The van der Waals surface area contributed by atoms with Crippen molar-refractivity contribution in [3.63, 3.8) is 0 Å². The topological polar surface area (TPSA) is 57.6 Å². The van der Waals surface area contributed by atoms with Crippen LogP contribution in [-0.2, 0) is 0 Å². The highest BCUT2D eigenvalue weighted by Gasteiger charge is 2.29. The molecule has 2 aromatic rings. The van der Waals surface area contributed by atoms with E-state index in [0.717, 1.165) is 16.8 Å². The van der Waals surface area contributed by atoms with E-state index in [-0.39, 0.29) is 11.4 Å². The van der Waals surface area contributed by atoms with Crippen LogP contribution in [-0.4, -0.2) is 29.7 Å². The Kier molecular flexibility index (Phi) is 4.83. The predicted molar refractivity (Wildman–Crippen MR) is 107 cm³/mol. The zero-order valence-electron chi connectivity index (χ0n) is 15.2. The van der Waals surface area contributed by atoms with E-state index in [2.05, 4.69) is 54.3 Å². The normalized spacial score (nSPS) is 15.6. The van der Waals surface area contributed by atoms with E-state index in [1.165, 1.54) is 5.57 Å². The molecule has 1 aliphatic heterocycles. The third-order valence-corrected chi connectivity index (χ3v) is 4.93. The summed E-state index contributed by atoms with van der Waals surface area (Å²) in [6.45, 7) is 6.41. The van der Waals surface area contributed by atoms with Gasteiger partial charge in [-0.15, -0.1) is 0 Å². The van der Waals surface area contributed by atoms with Crippen LogP contribution in [0.2, 0.25) is 5.02 Å². The number of hydrogen-bond acceptors (Lipinski definition) is 4. The van der Waals surface area contributed by atoms with Crippen LogP contribution in [0.15, 0.2) is 47.7 Å². The number of pyridine rings is 1. The van der Waals surface area contributed by atoms with Crippen molar-refractivity contribution >= 4 is 35.0 Å². The molecule has 1 aromatic heterocycles. The van der Waals surface area contributed by atoms with Crippen LogP contribution in [0.4, 0.5) is 5.69 Å². The van der Waals surface area contributed by atoms with Gasteiger partial charge in [0.15, 0.2) is 0 Å². The second kappa shape index (κ2) is 6.92. The molecule has 3 rings (SSSR count). The Balaban J connectivity index is 1.84. The Morgan fingerprint density at radius 3 is 2.81 bits per heavy atom. The summed E-state index contributed by atoms with van der Waals surface area (Å²) in [5.74, 6) is -0.367. The highest BCUT2D eigenvalue weighted by Crippen LogP contribution is 2.40. The lowest BCUT2D eigenvalue weighted by Gasteiger charge is -2.40. The number of allylic oxidation sites excluding steroid dienone is 1. The van der Waals surface area contributed by atoms with Crippen LogP contribution in [0, 0.1) is 0 Å². The third kappa shape index (κ3) is 3.48. The molecule has 26 heavy (non-hydrogen) atoms. The van der Waals surface area contributed by atoms with Crippen LogP contribution >= 0.6 is 11.6 Å². The number of aromatic nitrogens is 1. The van der Waals surface area contributed by atoms with Crippen molar-refractivity contribution in [3.05, 3.63) is 64.4 Å². The molecule has 0 aliphatic carbocycles. The highest BCUT2D eigenvalue weighted by molar-refractivity contribution is 6.33. The number of anilines is 1. The van der Waals surface area contributed by atoms with Crippen molar-refractivity contribution in [2.24, 2.45) is 5.10 Å². The van der Waals surface area contributed by atoms with Gasteiger partial charge in [0.05, 0.1) is 16.8 Å². The van der Waals surface area contributed by atoms with Crippen molar-refractivity contribution in [1.82, 2.24) is 10.4 Å². The van der Waals surface area contributed by atoms with Gasteiger partial charge in [-0.05, 0) is 50.6 Å². The zero-order valence-corrected chi connectivity index (χ0v) is 16.0. The SMILES string of the molecule is CC1=CC(C)(C)N(C)c2cc(Cl)c(/C=N\NC(=O)c3ccccn3)cc21. The lowest BCUT2D eigenvalue weighted by molar-refractivity contribution is 0.0950. The van der Waals surface area contributed by atoms with Crippen molar-refractivity contribution in [2.45, 2.75) is 26.3 Å². The molecule has 0 fully saturated rings. The molecule has 0 saturated carbocycles. The molecule has 0 atom stereocenters. The van der Waals surface area contributed by atoms with Gasteiger partial charge in [0.2, 0.25) is 0 Å². The van der Waals surface area contributed by atoms with Crippen LogP contribution in [0.1, 0.15) is 42.4 Å². The molecule has 0 radical (unpaired) electrons. The Morgan fingerprint density at radius 1 is 1.35 bits per heavy atom. The number of nitrogens with one attached hydrogen (secondary N) is 1. The molecule has 0 spiro atoms. The summed E-state index contributed by atoms with van der Waals surface area (Å²) in [5.41, 5.74) is 6.82. The number of benzene rings is 1. The second-order valence-electron chi connectivity index (χ2n) is 6.85. The number of carbonyl (C=O) groups is 1. The molecule has 5 nitrogen and oxygen atoms in total. The van der Waals surface area contributed by atoms with E-state index in [4.69, 9.17) is 11.6 Å². The van der Waals surface area contributed by atoms with Gasteiger partial charge < -0.3 is 4.90 Å². The molecule has 2 heterocycles. The minimum absolute atomic E-state index is 0.0767. The smallest absolute Gasteiger partial charge is 0.289 e. The molecule has 1 aromatic carbocycles. The molecule has 0 saturated heterocycles. The van der Waals surface area contributed by atoms with E-state index in [1.807, 2.05) is 12.1 Å². The summed E-state index contributed by atoms with van der Waals surface area (Å²) >= 11 is 6.44. The van der Waals surface area contributed by atoms with Crippen molar-refractivity contribution in [3.8, 4) is 0 Å². The molecule has 134 valence electrons. The maximum absolute atomic E-state index is 12.0. The quantitative estimate of drug-likeness (QED) is 0.654. The fourth-order valence-electron chi connectivity index (χ4n) is 3.00. The van der Waals surface area contributed by atoms with E-state index < -0.39 is 0 Å². The standard InChI is InChI=1S/C20H21ClN4O/c1-13-11-20(2,3)25(4)18-10-16(21)14(9-15(13)18)12-23-24-19(26)17-7-5-6-8-22-17/h5-12H,1-4H3,(H,24,26)/b23-12-. The first-order valence-electron chi connectivity index (χ1n) is 8.31. The molecule has 6 heteroatoms. The van der Waals surface area contributed by atoms with E-state index in [9.17, 15) is 4.79 Å². The van der Waals surface area contributed by atoms with Gasteiger partial charge in [-0.3, -0.25) is 9.78 Å². The highest BCUT2D eigenvalue weighted by atomic mass is 35.5. The summed E-state index contributed by atoms with van der Waals surface area (Å²) in [6.07, 6.45) is 5.34. The Morgan fingerprint density at radius 2 is 2.12 bits per heavy atom. The van der Waals surface area contributed by atoms with Gasteiger partial charge in [-0.25, -0.2) is 5.43 Å². The first-order valence-corrected chi connectivity index (χ1v) is 8.69. The Bertz CT molecular complexity index is 904. The molecule has 0 unspecified atom stereocenters. The third-order valence-electron chi connectivity index (χ3n) is 4.60. The summed E-state index contributed by atoms with van der Waals surface area (Å²) in [5, 5.41) is 4.60. The molecule has 1 aliphatic rings. The van der Waals surface area contributed by atoms with Crippen molar-refractivity contribution in [2.75, 3.05) is 11.9 Å². The molecule has 1 amide bonds. The van der Waals surface area contributed by atoms with Crippen molar-refractivity contribution in [1.29, 1.82) is 0 Å². The fourth-order valence-corrected chi connectivity index (χ4v) is 3.21. The lowest BCUT2D eigenvalue weighted by Crippen LogP contribution is -2.42. The number of likely N-dealkylation sites (N-methyl/N-ethyl adjacent to an activating group) is 1. The Hall–Kier alpha value is -2.66. The molecular weight excluding hydrogens is 348 g/mol. The maximum atomic E-state index is 12.0. The predicted octanol–water partition coefficient (Wildman–Crippen LogP) is 4.13. The van der Waals surface area contributed by atoms with Gasteiger partial charge in [0.1, 0.15) is 5.69 Å². The van der Waals surface area contributed by atoms with Crippen LogP contribution in [0.3, 0.4) is 0 Å². The average molecular weight is 369 g/mol. The van der Waals surface area contributed by atoms with Gasteiger partial charge in [-0.1, -0.05) is 23.7 Å². The van der Waals surface area contributed by atoms with Gasteiger partial charge in [-0.2, -0.15) is 5.10 Å². The lowest BCUT2D eigenvalue weighted by atomic mass is 9.88. The van der Waals surface area contributed by atoms with Gasteiger partial charge in [0.25, 0.3) is 5.91 Å². The van der Waals surface area contributed by atoms with Crippen molar-refractivity contribution < 1.29 is 4.79 Å². The first-order chi connectivity index (χ1) is 12.3. The fraction of sp³-hybridized carbons (Fsp3) is 0.250. The summed E-state index contributed by atoms with van der Waals surface area (Å²) in [7, 11) is 2.05. The average Bonchev–Trinajstić information content (AvgIpc) is 2.61. The number of hydrogen-bond donors (Lipinski definition) is 1.